The van der Waals surface area contributed by atoms with Crippen molar-refractivity contribution in [2.45, 2.75) is 26.3 Å². The monoisotopic (exact) mass is 487 g/mol. The van der Waals surface area contributed by atoms with E-state index in [4.69, 9.17) is 4.74 Å². The maximum atomic E-state index is 5.31. The molecule has 1 fully saturated rings. The van der Waals surface area contributed by atoms with Crippen LogP contribution in [0.4, 0.5) is 11.5 Å². The summed E-state index contributed by atoms with van der Waals surface area (Å²) in [6, 6.07) is 17.5. The highest BCUT2D eigenvalue weighted by atomic mass is 32.1. The fourth-order valence-electron chi connectivity index (χ4n) is 4.93. The largest absolute Gasteiger partial charge is 0.497 e. The zero-order valence-corrected chi connectivity index (χ0v) is 21.5. The van der Waals surface area contributed by atoms with Crippen molar-refractivity contribution >= 4 is 33.1 Å². The molecule has 7 heteroatoms. The van der Waals surface area contributed by atoms with E-state index in [0.29, 0.717) is 6.04 Å². The average molecular weight is 488 g/mol. The lowest BCUT2D eigenvalue weighted by Crippen LogP contribution is -2.52. The van der Waals surface area contributed by atoms with Crippen LogP contribution in [0.15, 0.2) is 60.2 Å². The predicted octanol–water partition coefficient (Wildman–Crippen LogP) is 5.69. The van der Waals surface area contributed by atoms with Gasteiger partial charge in [0.25, 0.3) is 0 Å². The zero-order chi connectivity index (χ0) is 24.2. The molecule has 0 saturated carbocycles. The minimum absolute atomic E-state index is 0.512. The van der Waals surface area contributed by atoms with Crippen molar-refractivity contribution in [3.8, 4) is 16.9 Å². The Balaban J connectivity index is 1.18. The summed E-state index contributed by atoms with van der Waals surface area (Å²) in [4.78, 5) is 15.2. The predicted molar refractivity (Wildman–Crippen MR) is 147 cm³/mol. The van der Waals surface area contributed by atoms with Crippen molar-refractivity contribution in [2.24, 2.45) is 0 Å². The van der Waals surface area contributed by atoms with Crippen molar-refractivity contribution in [3.63, 3.8) is 0 Å². The Labute approximate surface area is 211 Å². The number of aromatic nitrogens is 2. The summed E-state index contributed by atoms with van der Waals surface area (Å²) < 4.78 is 5.31. The first kappa shape index (κ1) is 23.6. The quantitative estimate of drug-likeness (QED) is 0.322. The van der Waals surface area contributed by atoms with E-state index < -0.39 is 0 Å². The molecule has 1 aliphatic heterocycles. The summed E-state index contributed by atoms with van der Waals surface area (Å²) in [6.45, 7) is 9.74. The van der Waals surface area contributed by atoms with Gasteiger partial charge in [-0.3, -0.25) is 4.90 Å². The summed E-state index contributed by atoms with van der Waals surface area (Å²) in [5.41, 5.74) is 4.98. The van der Waals surface area contributed by atoms with E-state index >= 15 is 0 Å². The van der Waals surface area contributed by atoms with Gasteiger partial charge in [-0.05, 0) is 62.2 Å². The Hall–Kier alpha value is -3.16. The molecule has 5 rings (SSSR count). The van der Waals surface area contributed by atoms with Crippen molar-refractivity contribution in [1.82, 2.24) is 14.9 Å². The van der Waals surface area contributed by atoms with Gasteiger partial charge in [0.1, 0.15) is 22.7 Å². The van der Waals surface area contributed by atoms with Crippen LogP contribution < -0.4 is 15.0 Å². The van der Waals surface area contributed by atoms with Gasteiger partial charge in [0.15, 0.2) is 0 Å². The smallest absolute Gasteiger partial charge is 0.138 e. The lowest BCUT2D eigenvalue weighted by molar-refractivity contribution is 0.228. The molecule has 0 radical (unpaired) electrons. The fraction of sp³-hybridized carbons (Fsp3) is 0.357. The van der Waals surface area contributed by atoms with Crippen molar-refractivity contribution in [3.05, 3.63) is 65.8 Å². The van der Waals surface area contributed by atoms with E-state index in [1.165, 1.54) is 11.3 Å². The van der Waals surface area contributed by atoms with Crippen LogP contribution in [0.1, 0.15) is 18.9 Å². The van der Waals surface area contributed by atoms with Gasteiger partial charge < -0.3 is 15.0 Å². The lowest BCUT2D eigenvalue weighted by Gasteiger charge is -2.41. The number of aryl methyl sites for hydroxylation is 1. The molecule has 6 nitrogen and oxygen atoms in total. The number of thiophene rings is 1. The number of piperazine rings is 1. The molecule has 0 spiro atoms. The van der Waals surface area contributed by atoms with E-state index in [0.717, 1.165) is 72.1 Å². The second-order valence-electron chi connectivity index (χ2n) is 9.24. The normalized spacial score (nSPS) is 16.5. The number of rotatable bonds is 8. The second kappa shape index (κ2) is 10.6. The number of nitrogens with zero attached hydrogens (tertiary/aromatic N) is 4. The van der Waals surface area contributed by atoms with E-state index in [2.05, 4.69) is 80.7 Å². The number of nitrogens with one attached hydrogen (secondary N) is 1. The van der Waals surface area contributed by atoms with Gasteiger partial charge in [-0.2, -0.15) is 0 Å². The third kappa shape index (κ3) is 5.26. The maximum absolute atomic E-state index is 5.31. The highest BCUT2D eigenvalue weighted by Crippen LogP contribution is 2.37. The number of benzene rings is 2. The number of hydrogen-bond donors (Lipinski definition) is 1. The molecule has 0 amide bonds. The first-order valence-electron chi connectivity index (χ1n) is 12.3. The third-order valence-electron chi connectivity index (χ3n) is 6.76. The molecule has 4 aromatic rings. The molecule has 0 bridgehead atoms. The Bertz CT molecular complexity index is 1270. The van der Waals surface area contributed by atoms with Crippen LogP contribution in [0.2, 0.25) is 0 Å². The van der Waals surface area contributed by atoms with Crippen LogP contribution >= 0.6 is 11.3 Å². The molecule has 182 valence electrons. The van der Waals surface area contributed by atoms with Crippen LogP contribution in [0, 0.1) is 6.92 Å². The summed E-state index contributed by atoms with van der Waals surface area (Å²) in [5.74, 6) is 1.77. The molecule has 1 N–H and O–H groups in total. The number of anilines is 2. The van der Waals surface area contributed by atoms with Crippen LogP contribution in [0.25, 0.3) is 21.3 Å². The van der Waals surface area contributed by atoms with Gasteiger partial charge >= 0.3 is 0 Å². The maximum Gasteiger partial charge on any atom is 0.138 e. The van der Waals surface area contributed by atoms with Gasteiger partial charge in [0.05, 0.1) is 12.5 Å². The molecule has 0 aliphatic carbocycles. The molecule has 1 saturated heterocycles. The highest BCUT2D eigenvalue weighted by molar-refractivity contribution is 7.17. The van der Waals surface area contributed by atoms with Crippen LogP contribution in [-0.2, 0) is 0 Å². The van der Waals surface area contributed by atoms with Gasteiger partial charge in [0, 0.05) is 48.9 Å². The van der Waals surface area contributed by atoms with Gasteiger partial charge in [0.2, 0.25) is 0 Å². The standard InChI is InChI=1S/C28H33N5OS/c1-20-6-4-7-23(16-20)33-15-14-32(17-21(33)2)13-5-12-29-27-26-25(18-35-28(26)31-19-30-27)22-8-10-24(34-3)11-9-22/h4,6-11,16,18-19,21H,5,12-15,17H2,1-3H3,(H,29,30,31)/t21-/m0/s1. The van der Waals surface area contributed by atoms with Crippen molar-refractivity contribution < 1.29 is 4.74 Å². The van der Waals surface area contributed by atoms with Gasteiger partial charge in [-0.25, -0.2) is 9.97 Å². The molecular weight excluding hydrogens is 454 g/mol. The zero-order valence-electron chi connectivity index (χ0n) is 20.7. The molecule has 3 heterocycles. The van der Waals surface area contributed by atoms with E-state index in [9.17, 15) is 0 Å². The fourth-order valence-corrected chi connectivity index (χ4v) is 5.84. The summed E-state index contributed by atoms with van der Waals surface area (Å²) >= 11 is 1.66. The van der Waals surface area contributed by atoms with Crippen molar-refractivity contribution in [2.75, 3.05) is 50.1 Å². The molecule has 2 aromatic heterocycles. The van der Waals surface area contributed by atoms with Gasteiger partial charge in [-0.15, -0.1) is 11.3 Å². The topological polar surface area (TPSA) is 53.5 Å². The number of methoxy groups -OCH3 is 1. The Kier molecular flexibility index (Phi) is 7.16. The summed E-state index contributed by atoms with van der Waals surface area (Å²) in [7, 11) is 1.69. The average Bonchev–Trinajstić information content (AvgIpc) is 3.32. The molecule has 2 aromatic carbocycles. The first-order chi connectivity index (χ1) is 17.1. The first-order valence-corrected chi connectivity index (χ1v) is 13.2. The van der Waals surface area contributed by atoms with E-state index in [1.807, 2.05) is 12.1 Å². The van der Waals surface area contributed by atoms with E-state index in [1.54, 1.807) is 24.8 Å². The van der Waals surface area contributed by atoms with Crippen LogP contribution in [0.3, 0.4) is 0 Å². The Morgan fingerprint density at radius 3 is 2.74 bits per heavy atom. The Morgan fingerprint density at radius 1 is 1.11 bits per heavy atom. The molecule has 35 heavy (non-hydrogen) atoms. The number of fused-ring (bicyclic) bond motifs is 1. The summed E-state index contributed by atoms with van der Waals surface area (Å²) in [6.07, 6.45) is 2.73. The second-order valence-corrected chi connectivity index (χ2v) is 10.1. The minimum atomic E-state index is 0.512. The molecule has 0 unspecified atom stereocenters. The molecule has 1 aliphatic rings. The number of ether oxygens (including phenoxy) is 1. The molecule has 1 atom stereocenters. The molecular formula is C28H33N5OS. The summed E-state index contributed by atoms with van der Waals surface area (Å²) in [5, 5.41) is 6.86. The van der Waals surface area contributed by atoms with Crippen molar-refractivity contribution in [1.29, 1.82) is 0 Å². The lowest BCUT2D eigenvalue weighted by atomic mass is 10.1. The van der Waals surface area contributed by atoms with E-state index in [-0.39, 0.29) is 0 Å². The van der Waals surface area contributed by atoms with Crippen LogP contribution in [0.5, 0.6) is 5.75 Å². The SMILES string of the molecule is COc1ccc(-c2csc3ncnc(NCCCN4CCN(c5cccc(C)c5)[C@@H](C)C4)c23)cc1. The van der Waals surface area contributed by atoms with Crippen LogP contribution in [-0.4, -0.2) is 60.7 Å². The van der Waals surface area contributed by atoms with Gasteiger partial charge in [-0.1, -0.05) is 24.3 Å². The Morgan fingerprint density at radius 2 is 1.97 bits per heavy atom. The number of hydrogen-bond acceptors (Lipinski definition) is 7. The highest BCUT2D eigenvalue weighted by Gasteiger charge is 2.23. The third-order valence-corrected chi connectivity index (χ3v) is 7.65. The minimum Gasteiger partial charge on any atom is -0.497 e.